The normalized spacial score (nSPS) is 12.5. The van der Waals surface area contributed by atoms with E-state index in [1.165, 1.54) is 11.3 Å². The Bertz CT molecular complexity index is 621. The van der Waals surface area contributed by atoms with Crippen LogP contribution in [-0.4, -0.2) is 12.7 Å². The maximum Gasteiger partial charge on any atom is 0.261 e. The summed E-state index contributed by atoms with van der Waals surface area (Å²) in [7, 11) is 0. The summed E-state index contributed by atoms with van der Waals surface area (Å²) in [4.78, 5) is 12.6. The molecule has 1 aromatic carbocycles. The highest BCUT2D eigenvalue weighted by Gasteiger charge is 2.13. The van der Waals surface area contributed by atoms with Crippen molar-refractivity contribution < 1.29 is 14.3 Å². The Hall–Kier alpha value is -2.01. The zero-order chi connectivity index (χ0) is 13.2. The molecular weight excluding hydrogens is 262 g/mol. The molecule has 0 spiro atoms. The summed E-state index contributed by atoms with van der Waals surface area (Å²) in [5.41, 5.74) is 2.10. The average Bonchev–Trinajstić information content (AvgIpc) is 3.03. The van der Waals surface area contributed by atoms with Crippen molar-refractivity contribution >= 4 is 17.2 Å². The van der Waals surface area contributed by atoms with Crippen molar-refractivity contribution in [1.29, 1.82) is 0 Å². The molecule has 0 radical (unpaired) electrons. The van der Waals surface area contributed by atoms with Crippen molar-refractivity contribution in [3.63, 3.8) is 0 Å². The van der Waals surface area contributed by atoms with Crippen LogP contribution in [0.15, 0.2) is 29.6 Å². The third-order valence-electron chi connectivity index (χ3n) is 2.84. The maximum atomic E-state index is 11.9. The summed E-state index contributed by atoms with van der Waals surface area (Å²) in [5, 5.41) is 4.86. The number of benzene rings is 1. The number of carbonyl (C=O) groups is 1. The van der Waals surface area contributed by atoms with Gasteiger partial charge in [0.15, 0.2) is 11.5 Å². The van der Waals surface area contributed by atoms with Gasteiger partial charge in [-0.1, -0.05) is 6.07 Å². The molecule has 1 aliphatic heterocycles. The highest BCUT2D eigenvalue weighted by molar-refractivity contribution is 7.12. The average molecular weight is 275 g/mol. The van der Waals surface area contributed by atoms with Gasteiger partial charge in [-0.2, -0.15) is 0 Å². The third kappa shape index (κ3) is 2.56. The molecule has 5 heteroatoms. The second-order valence-electron chi connectivity index (χ2n) is 4.36. The van der Waals surface area contributed by atoms with E-state index >= 15 is 0 Å². The zero-order valence-corrected chi connectivity index (χ0v) is 11.3. The van der Waals surface area contributed by atoms with Crippen LogP contribution in [0.3, 0.4) is 0 Å². The van der Waals surface area contributed by atoms with Crippen LogP contribution in [0.5, 0.6) is 11.5 Å². The zero-order valence-electron chi connectivity index (χ0n) is 10.4. The summed E-state index contributed by atoms with van der Waals surface area (Å²) in [6, 6.07) is 7.56. The van der Waals surface area contributed by atoms with Crippen LogP contribution in [0.4, 0.5) is 0 Å². The highest BCUT2D eigenvalue weighted by atomic mass is 32.1. The van der Waals surface area contributed by atoms with E-state index in [1.54, 1.807) is 0 Å². The fraction of sp³-hybridized carbons (Fsp3) is 0.214. The van der Waals surface area contributed by atoms with E-state index in [4.69, 9.17) is 9.47 Å². The topological polar surface area (TPSA) is 47.6 Å². The van der Waals surface area contributed by atoms with Crippen LogP contribution in [0, 0.1) is 6.92 Å². The molecule has 0 saturated carbocycles. The fourth-order valence-corrected chi connectivity index (χ4v) is 2.68. The molecule has 1 N–H and O–H groups in total. The van der Waals surface area contributed by atoms with Gasteiger partial charge in [0, 0.05) is 6.54 Å². The number of nitrogens with one attached hydrogen (secondary N) is 1. The number of fused-ring (bicyclic) bond motifs is 1. The first kappa shape index (κ1) is 12.0. The summed E-state index contributed by atoms with van der Waals surface area (Å²) < 4.78 is 10.5. The Morgan fingerprint density at radius 3 is 2.95 bits per heavy atom. The molecule has 19 heavy (non-hydrogen) atoms. The molecule has 0 unspecified atom stereocenters. The summed E-state index contributed by atoms with van der Waals surface area (Å²) >= 11 is 1.46. The quantitative estimate of drug-likeness (QED) is 0.937. The predicted molar refractivity (Wildman–Crippen MR) is 72.8 cm³/mol. The molecule has 0 atom stereocenters. The van der Waals surface area contributed by atoms with Crippen molar-refractivity contribution in [2.45, 2.75) is 13.5 Å². The molecule has 1 amide bonds. The molecule has 0 fully saturated rings. The standard InChI is InChI=1S/C14H13NO3S/c1-9-4-13(19-7-9)14(16)15-6-10-2-3-11-12(5-10)18-8-17-11/h2-5,7H,6,8H2,1H3,(H,15,16). The van der Waals surface area contributed by atoms with E-state index in [1.807, 2.05) is 36.6 Å². The molecule has 1 aliphatic rings. The van der Waals surface area contributed by atoms with Gasteiger partial charge < -0.3 is 14.8 Å². The van der Waals surface area contributed by atoms with E-state index in [-0.39, 0.29) is 12.7 Å². The Morgan fingerprint density at radius 1 is 1.32 bits per heavy atom. The number of thiophene rings is 1. The smallest absolute Gasteiger partial charge is 0.261 e. The van der Waals surface area contributed by atoms with Gasteiger partial charge in [-0.05, 0) is 41.6 Å². The number of hydrogen-bond acceptors (Lipinski definition) is 4. The molecule has 0 aliphatic carbocycles. The van der Waals surface area contributed by atoms with Crippen LogP contribution in [-0.2, 0) is 6.54 Å². The SMILES string of the molecule is Cc1csc(C(=O)NCc2ccc3c(c2)OCO3)c1. The van der Waals surface area contributed by atoms with E-state index in [9.17, 15) is 4.79 Å². The van der Waals surface area contributed by atoms with Crippen molar-refractivity contribution in [1.82, 2.24) is 5.32 Å². The van der Waals surface area contributed by atoms with Crippen LogP contribution in [0.25, 0.3) is 0 Å². The van der Waals surface area contributed by atoms with Crippen LogP contribution in [0.2, 0.25) is 0 Å². The first-order valence-corrected chi connectivity index (χ1v) is 6.82. The Morgan fingerprint density at radius 2 is 2.16 bits per heavy atom. The number of rotatable bonds is 3. The Labute approximate surface area is 115 Å². The summed E-state index contributed by atoms with van der Waals surface area (Å²) in [6.45, 7) is 2.72. The maximum absolute atomic E-state index is 11.9. The summed E-state index contributed by atoms with van der Waals surface area (Å²) in [6.07, 6.45) is 0. The number of hydrogen-bond donors (Lipinski definition) is 1. The minimum absolute atomic E-state index is 0.0456. The molecule has 0 saturated heterocycles. The molecule has 2 heterocycles. The van der Waals surface area contributed by atoms with Gasteiger partial charge in [0.1, 0.15) is 0 Å². The summed E-state index contributed by atoms with van der Waals surface area (Å²) in [5.74, 6) is 1.44. The first-order chi connectivity index (χ1) is 9.22. The van der Waals surface area contributed by atoms with Crippen LogP contribution >= 0.6 is 11.3 Å². The second kappa shape index (κ2) is 4.93. The lowest BCUT2D eigenvalue weighted by Crippen LogP contribution is -2.21. The lowest BCUT2D eigenvalue weighted by Gasteiger charge is -2.05. The monoisotopic (exact) mass is 275 g/mol. The first-order valence-electron chi connectivity index (χ1n) is 5.94. The number of carbonyl (C=O) groups excluding carboxylic acids is 1. The van der Waals surface area contributed by atoms with Gasteiger partial charge in [-0.25, -0.2) is 0 Å². The Balaban J connectivity index is 1.64. The van der Waals surface area contributed by atoms with Gasteiger partial charge in [0.25, 0.3) is 5.91 Å². The van der Waals surface area contributed by atoms with E-state index in [2.05, 4.69) is 5.32 Å². The molecule has 98 valence electrons. The molecular formula is C14H13NO3S. The third-order valence-corrected chi connectivity index (χ3v) is 3.89. The van der Waals surface area contributed by atoms with Crippen LogP contribution < -0.4 is 14.8 Å². The van der Waals surface area contributed by atoms with E-state index < -0.39 is 0 Å². The van der Waals surface area contributed by atoms with E-state index in [0.29, 0.717) is 6.54 Å². The molecule has 1 aromatic heterocycles. The fourth-order valence-electron chi connectivity index (χ4n) is 1.87. The minimum Gasteiger partial charge on any atom is -0.454 e. The second-order valence-corrected chi connectivity index (χ2v) is 5.27. The lowest BCUT2D eigenvalue weighted by molar-refractivity contribution is 0.0955. The van der Waals surface area contributed by atoms with Gasteiger partial charge in [0.05, 0.1) is 4.88 Å². The van der Waals surface area contributed by atoms with Crippen molar-refractivity contribution in [2.24, 2.45) is 0 Å². The van der Waals surface area contributed by atoms with Crippen molar-refractivity contribution in [3.8, 4) is 11.5 Å². The van der Waals surface area contributed by atoms with Crippen molar-refractivity contribution in [2.75, 3.05) is 6.79 Å². The van der Waals surface area contributed by atoms with Gasteiger partial charge in [-0.15, -0.1) is 11.3 Å². The molecule has 0 bridgehead atoms. The molecule has 2 aromatic rings. The van der Waals surface area contributed by atoms with Gasteiger partial charge in [0.2, 0.25) is 6.79 Å². The van der Waals surface area contributed by atoms with E-state index in [0.717, 1.165) is 27.5 Å². The molecule has 4 nitrogen and oxygen atoms in total. The molecule has 3 rings (SSSR count). The lowest BCUT2D eigenvalue weighted by atomic mass is 10.2. The highest BCUT2D eigenvalue weighted by Crippen LogP contribution is 2.32. The number of amides is 1. The van der Waals surface area contributed by atoms with Crippen molar-refractivity contribution in [3.05, 3.63) is 45.6 Å². The largest absolute Gasteiger partial charge is 0.454 e. The van der Waals surface area contributed by atoms with Gasteiger partial charge in [-0.3, -0.25) is 4.79 Å². The number of aryl methyl sites for hydroxylation is 1. The van der Waals surface area contributed by atoms with Gasteiger partial charge >= 0.3 is 0 Å². The number of ether oxygens (including phenoxy) is 2. The van der Waals surface area contributed by atoms with Crippen LogP contribution in [0.1, 0.15) is 20.8 Å². The predicted octanol–water partition coefficient (Wildman–Crippen LogP) is 2.72. The Kier molecular flexibility index (Phi) is 3.13. The minimum atomic E-state index is -0.0456.